The molecule has 0 aromatic heterocycles. The summed E-state index contributed by atoms with van der Waals surface area (Å²) in [6.45, 7) is 0. The second-order valence-corrected chi connectivity index (χ2v) is 3.72. The van der Waals surface area contributed by atoms with E-state index in [1.54, 1.807) is 0 Å². The van der Waals surface area contributed by atoms with Crippen molar-refractivity contribution in [1.29, 1.82) is 0 Å². The van der Waals surface area contributed by atoms with E-state index in [0.29, 0.717) is 5.02 Å². The SMILES string of the molecule is Oc1cc(Cl)ccc1-c1cc(F)ccc1F. The molecule has 0 radical (unpaired) electrons. The first-order valence-electron chi connectivity index (χ1n) is 4.52. The van der Waals surface area contributed by atoms with Gasteiger partial charge in [-0.1, -0.05) is 11.6 Å². The van der Waals surface area contributed by atoms with E-state index < -0.39 is 11.6 Å². The zero-order valence-corrected chi connectivity index (χ0v) is 8.80. The van der Waals surface area contributed by atoms with Gasteiger partial charge in [0.05, 0.1) is 0 Å². The van der Waals surface area contributed by atoms with Gasteiger partial charge in [0.25, 0.3) is 0 Å². The van der Waals surface area contributed by atoms with Crippen molar-refractivity contribution in [2.75, 3.05) is 0 Å². The topological polar surface area (TPSA) is 20.2 Å². The monoisotopic (exact) mass is 240 g/mol. The number of halogens is 3. The first-order chi connectivity index (χ1) is 7.58. The molecule has 0 aliphatic rings. The van der Waals surface area contributed by atoms with Gasteiger partial charge in [0, 0.05) is 16.1 Å². The van der Waals surface area contributed by atoms with Crippen molar-refractivity contribution in [2.24, 2.45) is 0 Å². The average Bonchev–Trinajstić information content (AvgIpc) is 2.22. The van der Waals surface area contributed by atoms with Crippen LogP contribution in [0.5, 0.6) is 5.75 Å². The van der Waals surface area contributed by atoms with E-state index in [0.717, 1.165) is 18.2 Å². The predicted molar refractivity (Wildman–Crippen MR) is 58.5 cm³/mol. The molecule has 0 spiro atoms. The lowest BCUT2D eigenvalue weighted by atomic mass is 10.0. The number of benzene rings is 2. The van der Waals surface area contributed by atoms with Gasteiger partial charge >= 0.3 is 0 Å². The van der Waals surface area contributed by atoms with Gasteiger partial charge < -0.3 is 5.11 Å². The molecule has 2 rings (SSSR count). The number of phenolic OH excluding ortho intramolecular Hbond substituents is 1. The lowest BCUT2D eigenvalue weighted by molar-refractivity contribution is 0.476. The quantitative estimate of drug-likeness (QED) is 0.799. The molecule has 4 heteroatoms. The number of hydrogen-bond donors (Lipinski definition) is 1. The van der Waals surface area contributed by atoms with Crippen molar-refractivity contribution in [2.45, 2.75) is 0 Å². The number of rotatable bonds is 1. The zero-order valence-electron chi connectivity index (χ0n) is 8.05. The molecule has 0 unspecified atom stereocenters. The summed E-state index contributed by atoms with van der Waals surface area (Å²) in [5.74, 6) is -1.35. The Kier molecular flexibility index (Phi) is 2.79. The molecule has 1 nitrogen and oxygen atoms in total. The molecule has 0 saturated heterocycles. The summed E-state index contributed by atoms with van der Waals surface area (Å²) >= 11 is 5.65. The van der Waals surface area contributed by atoms with Crippen molar-refractivity contribution in [3.05, 3.63) is 53.1 Å². The molecule has 2 aromatic carbocycles. The largest absolute Gasteiger partial charge is 0.507 e. The maximum absolute atomic E-state index is 13.4. The molecular formula is C12H7ClF2O. The summed E-state index contributed by atoms with van der Waals surface area (Å²) in [4.78, 5) is 0. The van der Waals surface area contributed by atoms with Crippen LogP contribution in [0.4, 0.5) is 8.78 Å². The van der Waals surface area contributed by atoms with Crippen molar-refractivity contribution in [3.63, 3.8) is 0 Å². The van der Waals surface area contributed by atoms with Crippen LogP contribution in [0.25, 0.3) is 11.1 Å². The Morgan fingerprint density at radius 3 is 2.38 bits per heavy atom. The summed E-state index contributed by atoms with van der Waals surface area (Å²) in [5.41, 5.74) is 0.218. The molecule has 16 heavy (non-hydrogen) atoms. The lowest BCUT2D eigenvalue weighted by Crippen LogP contribution is -1.87. The van der Waals surface area contributed by atoms with Crippen LogP contribution in [-0.4, -0.2) is 5.11 Å². The van der Waals surface area contributed by atoms with Gasteiger partial charge in [-0.15, -0.1) is 0 Å². The van der Waals surface area contributed by atoms with E-state index >= 15 is 0 Å². The summed E-state index contributed by atoms with van der Waals surface area (Å²) in [7, 11) is 0. The Bertz CT molecular complexity index is 541. The van der Waals surface area contributed by atoms with Crippen LogP contribution >= 0.6 is 11.6 Å². The molecular weight excluding hydrogens is 234 g/mol. The van der Waals surface area contributed by atoms with Gasteiger partial charge in [-0.25, -0.2) is 8.78 Å². The minimum absolute atomic E-state index is 0.00849. The van der Waals surface area contributed by atoms with Crippen LogP contribution in [0.2, 0.25) is 5.02 Å². The minimum atomic E-state index is -0.598. The van der Waals surface area contributed by atoms with E-state index in [-0.39, 0.29) is 16.9 Å². The van der Waals surface area contributed by atoms with Crippen LogP contribution in [0, 0.1) is 11.6 Å². The van der Waals surface area contributed by atoms with E-state index in [9.17, 15) is 13.9 Å². The van der Waals surface area contributed by atoms with E-state index in [1.807, 2.05) is 0 Å². The Labute approximate surface area is 95.9 Å². The van der Waals surface area contributed by atoms with Crippen LogP contribution in [0.1, 0.15) is 0 Å². The zero-order chi connectivity index (χ0) is 11.7. The van der Waals surface area contributed by atoms with Crippen LogP contribution in [-0.2, 0) is 0 Å². The molecule has 0 heterocycles. The highest BCUT2D eigenvalue weighted by Crippen LogP contribution is 2.33. The fraction of sp³-hybridized carbons (Fsp3) is 0. The fourth-order valence-corrected chi connectivity index (χ4v) is 1.60. The van der Waals surface area contributed by atoms with Gasteiger partial charge in [-0.3, -0.25) is 0 Å². The Morgan fingerprint density at radius 2 is 1.69 bits per heavy atom. The second-order valence-electron chi connectivity index (χ2n) is 3.29. The Hall–Kier alpha value is -1.61. The molecule has 82 valence electrons. The second kappa shape index (κ2) is 4.10. The predicted octanol–water partition coefficient (Wildman–Crippen LogP) is 3.99. The first-order valence-corrected chi connectivity index (χ1v) is 4.89. The molecule has 0 fully saturated rings. The number of phenols is 1. The minimum Gasteiger partial charge on any atom is -0.507 e. The van der Waals surface area contributed by atoms with E-state index in [1.165, 1.54) is 18.2 Å². The van der Waals surface area contributed by atoms with Gasteiger partial charge in [-0.2, -0.15) is 0 Å². The van der Waals surface area contributed by atoms with Crippen LogP contribution < -0.4 is 0 Å². The molecule has 0 aliphatic heterocycles. The van der Waals surface area contributed by atoms with Crippen molar-refractivity contribution in [1.82, 2.24) is 0 Å². The Balaban J connectivity index is 2.62. The highest BCUT2D eigenvalue weighted by Gasteiger charge is 2.10. The van der Waals surface area contributed by atoms with Crippen molar-refractivity contribution < 1.29 is 13.9 Å². The van der Waals surface area contributed by atoms with Gasteiger partial charge in [0.1, 0.15) is 17.4 Å². The highest BCUT2D eigenvalue weighted by molar-refractivity contribution is 6.30. The van der Waals surface area contributed by atoms with Crippen molar-refractivity contribution >= 4 is 11.6 Å². The third-order valence-electron chi connectivity index (χ3n) is 2.18. The standard InChI is InChI=1S/C12H7ClF2O/c13-7-1-3-9(12(16)5-7)10-6-8(14)2-4-11(10)15/h1-6,16H. The van der Waals surface area contributed by atoms with E-state index in [4.69, 9.17) is 11.6 Å². The maximum Gasteiger partial charge on any atom is 0.131 e. The van der Waals surface area contributed by atoms with Crippen molar-refractivity contribution in [3.8, 4) is 16.9 Å². The van der Waals surface area contributed by atoms with E-state index in [2.05, 4.69) is 0 Å². The van der Waals surface area contributed by atoms with Gasteiger partial charge in [-0.05, 0) is 36.4 Å². The Morgan fingerprint density at radius 1 is 0.938 bits per heavy atom. The third kappa shape index (κ3) is 1.99. The summed E-state index contributed by atoms with van der Waals surface area (Å²) in [6, 6.07) is 7.28. The number of aromatic hydroxyl groups is 1. The summed E-state index contributed by atoms with van der Waals surface area (Å²) in [5, 5.41) is 9.92. The molecule has 0 aliphatic carbocycles. The molecule has 0 saturated carbocycles. The lowest BCUT2D eigenvalue weighted by Gasteiger charge is -2.06. The van der Waals surface area contributed by atoms with Crippen LogP contribution in [0.15, 0.2) is 36.4 Å². The highest BCUT2D eigenvalue weighted by atomic mass is 35.5. The van der Waals surface area contributed by atoms with Gasteiger partial charge in [0.2, 0.25) is 0 Å². The molecule has 1 N–H and O–H groups in total. The smallest absolute Gasteiger partial charge is 0.131 e. The molecule has 2 aromatic rings. The normalized spacial score (nSPS) is 10.4. The fourth-order valence-electron chi connectivity index (χ4n) is 1.44. The van der Waals surface area contributed by atoms with Crippen LogP contribution in [0.3, 0.4) is 0 Å². The third-order valence-corrected chi connectivity index (χ3v) is 2.41. The number of hydrogen-bond acceptors (Lipinski definition) is 1. The van der Waals surface area contributed by atoms with Gasteiger partial charge in [0.15, 0.2) is 0 Å². The maximum atomic E-state index is 13.4. The molecule has 0 bridgehead atoms. The first kappa shape index (κ1) is 10.9. The molecule has 0 amide bonds. The molecule has 0 atom stereocenters. The summed E-state index contributed by atoms with van der Waals surface area (Å²) in [6.07, 6.45) is 0. The summed E-state index contributed by atoms with van der Waals surface area (Å²) < 4.78 is 26.4. The average molecular weight is 241 g/mol.